The average molecular weight is 253 g/mol. The normalized spacial score (nSPS) is 10.7. The van der Waals surface area contributed by atoms with Crippen molar-refractivity contribution in [2.45, 2.75) is 40.0 Å². The highest BCUT2D eigenvalue weighted by atomic mass is 14.6. The Hall–Kier alpha value is -1.76. The molecule has 0 unspecified atom stereocenters. The lowest BCUT2D eigenvalue weighted by Gasteiger charge is -2.11. The molecule has 2 N–H and O–H groups in total. The summed E-state index contributed by atoms with van der Waals surface area (Å²) in [6, 6.07) is 13.2. The summed E-state index contributed by atoms with van der Waals surface area (Å²) in [6.45, 7) is 6.58. The average Bonchev–Trinajstić information content (AvgIpc) is 2.47. The summed E-state index contributed by atoms with van der Waals surface area (Å²) in [5.41, 5.74) is 13.6. The van der Waals surface area contributed by atoms with Gasteiger partial charge in [-0.25, -0.2) is 0 Å². The van der Waals surface area contributed by atoms with Crippen LogP contribution in [0.25, 0.3) is 11.1 Å². The molecular weight excluding hydrogens is 230 g/mol. The van der Waals surface area contributed by atoms with E-state index >= 15 is 0 Å². The molecule has 2 aromatic carbocycles. The standard InChI is InChI=1S/C18H23N/c1-4-13-7-8-16(11-14(13)5-2)17-9-10-18(19)15(6-3)12-17/h7-12H,4-6,19H2,1-3H3. The van der Waals surface area contributed by atoms with Crippen molar-refractivity contribution in [3.63, 3.8) is 0 Å². The van der Waals surface area contributed by atoms with Crippen LogP contribution < -0.4 is 5.73 Å². The van der Waals surface area contributed by atoms with Crippen LogP contribution >= 0.6 is 0 Å². The van der Waals surface area contributed by atoms with E-state index in [4.69, 9.17) is 5.73 Å². The van der Waals surface area contributed by atoms with Gasteiger partial charge in [0.25, 0.3) is 0 Å². The zero-order chi connectivity index (χ0) is 13.8. The van der Waals surface area contributed by atoms with E-state index in [1.54, 1.807) is 0 Å². The lowest BCUT2D eigenvalue weighted by Crippen LogP contribution is -1.95. The molecule has 0 saturated heterocycles. The van der Waals surface area contributed by atoms with Crippen LogP contribution in [0, 0.1) is 0 Å². The molecule has 0 aliphatic carbocycles. The van der Waals surface area contributed by atoms with Gasteiger partial charge in [0.15, 0.2) is 0 Å². The van der Waals surface area contributed by atoms with E-state index in [2.05, 4.69) is 51.1 Å². The van der Waals surface area contributed by atoms with Crippen molar-refractivity contribution in [1.29, 1.82) is 0 Å². The fourth-order valence-electron chi connectivity index (χ4n) is 2.57. The lowest BCUT2D eigenvalue weighted by molar-refractivity contribution is 1.04. The minimum atomic E-state index is 0.896. The second kappa shape index (κ2) is 5.92. The van der Waals surface area contributed by atoms with Crippen LogP contribution in [-0.2, 0) is 19.3 Å². The number of hydrogen-bond donors (Lipinski definition) is 1. The first-order valence-corrected chi connectivity index (χ1v) is 7.20. The van der Waals surface area contributed by atoms with Crippen LogP contribution in [0.3, 0.4) is 0 Å². The minimum Gasteiger partial charge on any atom is -0.399 e. The molecule has 0 fully saturated rings. The van der Waals surface area contributed by atoms with Crippen molar-refractivity contribution in [3.05, 3.63) is 53.1 Å². The molecule has 1 nitrogen and oxygen atoms in total. The predicted octanol–water partition coefficient (Wildman–Crippen LogP) is 4.62. The number of rotatable bonds is 4. The van der Waals surface area contributed by atoms with Gasteiger partial charge < -0.3 is 5.73 Å². The van der Waals surface area contributed by atoms with Gasteiger partial charge in [-0.15, -0.1) is 0 Å². The maximum absolute atomic E-state index is 5.98. The Balaban J connectivity index is 2.47. The van der Waals surface area contributed by atoms with E-state index in [1.807, 2.05) is 6.07 Å². The van der Waals surface area contributed by atoms with Crippen molar-refractivity contribution in [2.24, 2.45) is 0 Å². The third-order valence-corrected chi connectivity index (χ3v) is 3.83. The third kappa shape index (κ3) is 2.81. The van der Waals surface area contributed by atoms with E-state index < -0.39 is 0 Å². The Labute approximate surface area is 116 Å². The molecular formula is C18H23N. The van der Waals surface area contributed by atoms with Crippen LogP contribution in [0.15, 0.2) is 36.4 Å². The fraction of sp³-hybridized carbons (Fsp3) is 0.333. The van der Waals surface area contributed by atoms with Gasteiger partial charge in [0, 0.05) is 5.69 Å². The van der Waals surface area contributed by atoms with Crippen molar-refractivity contribution < 1.29 is 0 Å². The van der Waals surface area contributed by atoms with Crippen molar-refractivity contribution >= 4 is 5.69 Å². The number of nitrogen functional groups attached to an aromatic ring is 1. The van der Waals surface area contributed by atoms with E-state index in [1.165, 1.54) is 27.8 Å². The van der Waals surface area contributed by atoms with Gasteiger partial charge in [-0.05, 0) is 59.2 Å². The van der Waals surface area contributed by atoms with E-state index in [9.17, 15) is 0 Å². The SMILES string of the molecule is CCc1cc(-c2ccc(CC)c(CC)c2)ccc1N. The Morgan fingerprint density at radius 1 is 0.684 bits per heavy atom. The van der Waals surface area contributed by atoms with Gasteiger partial charge in [0.2, 0.25) is 0 Å². The molecule has 2 rings (SSSR count). The summed E-state index contributed by atoms with van der Waals surface area (Å²) in [4.78, 5) is 0. The molecule has 0 heterocycles. The van der Waals surface area contributed by atoms with Gasteiger partial charge in [-0.2, -0.15) is 0 Å². The highest BCUT2D eigenvalue weighted by molar-refractivity contribution is 5.69. The Morgan fingerprint density at radius 3 is 1.79 bits per heavy atom. The number of hydrogen-bond acceptors (Lipinski definition) is 1. The first-order chi connectivity index (χ1) is 9.19. The van der Waals surface area contributed by atoms with Crippen LogP contribution in [0.4, 0.5) is 5.69 Å². The molecule has 0 radical (unpaired) electrons. The summed E-state index contributed by atoms with van der Waals surface area (Å²) in [5, 5.41) is 0. The molecule has 2 aromatic rings. The Morgan fingerprint density at radius 2 is 1.21 bits per heavy atom. The Bertz CT molecular complexity index is 570. The zero-order valence-electron chi connectivity index (χ0n) is 12.2. The number of anilines is 1. The molecule has 0 aliphatic heterocycles. The Kier molecular flexibility index (Phi) is 4.26. The monoisotopic (exact) mass is 253 g/mol. The van der Waals surface area contributed by atoms with Crippen molar-refractivity contribution in [2.75, 3.05) is 5.73 Å². The molecule has 0 spiro atoms. The summed E-state index contributed by atoms with van der Waals surface area (Å²) in [5.74, 6) is 0. The largest absolute Gasteiger partial charge is 0.399 e. The van der Waals surface area contributed by atoms with Gasteiger partial charge in [0.1, 0.15) is 0 Å². The molecule has 0 saturated carbocycles. The number of aryl methyl sites for hydroxylation is 3. The lowest BCUT2D eigenvalue weighted by atomic mass is 9.95. The molecule has 0 atom stereocenters. The zero-order valence-corrected chi connectivity index (χ0v) is 12.2. The van der Waals surface area contributed by atoms with E-state index in [0.29, 0.717) is 0 Å². The van der Waals surface area contributed by atoms with Gasteiger partial charge in [0.05, 0.1) is 0 Å². The van der Waals surface area contributed by atoms with E-state index in [0.717, 1.165) is 24.9 Å². The van der Waals surface area contributed by atoms with Crippen molar-refractivity contribution in [3.8, 4) is 11.1 Å². The highest BCUT2D eigenvalue weighted by Crippen LogP contribution is 2.26. The third-order valence-electron chi connectivity index (χ3n) is 3.83. The molecule has 0 aromatic heterocycles. The van der Waals surface area contributed by atoms with Crippen LogP contribution in [-0.4, -0.2) is 0 Å². The predicted molar refractivity (Wildman–Crippen MR) is 84.4 cm³/mol. The van der Waals surface area contributed by atoms with E-state index in [-0.39, 0.29) is 0 Å². The van der Waals surface area contributed by atoms with Gasteiger partial charge >= 0.3 is 0 Å². The molecule has 0 aliphatic rings. The maximum Gasteiger partial charge on any atom is 0.0346 e. The number of nitrogens with two attached hydrogens (primary N) is 1. The highest BCUT2D eigenvalue weighted by Gasteiger charge is 2.05. The fourth-order valence-corrected chi connectivity index (χ4v) is 2.57. The summed E-state index contributed by atoms with van der Waals surface area (Å²) < 4.78 is 0. The summed E-state index contributed by atoms with van der Waals surface area (Å²) in [6.07, 6.45) is 3.17. The molecule has 0 bridgehead atoms. The quantitative estimate of drug-likeness (QED) is 0.790. The molecule has 100 valence electrons. The topological polar surface area (TPSA) is 26.0 Å². The van der Waals surface area contributed by atoms with Crippen molar-refractivity contribution in [1.82, 2.24) is 0 Å². The maximum atomic E-state index is 5.98. The second-order valence-electron chi connectivity index (χ2n) is 4.96. The second-order valence-corrected chi connectivity index (χ2v) is 4.96. The van der Waals surface area contributed by atoms with Gasteiger partial charge in [-0.3, -0.25) is 0 Å². The van der Waals surface area contributed by atoms with Crippen LogP contribution in [0.1, 0.15) is 37.5 Å². The first-order valence-electron chi connectivity index (χ1n) is 7.20. The number of benzene rings is 2. The van der Waals surface area contributed by atoms with Crippen LogP contribution in [0.5, 0.6) is 0 Å². The molecule has 0 amide bonds. The minimum absolute atomic E-state index is 0.896. The summed E-state index contributed by atoms with van der Waals surface area (Å²) >= 11 is 0. The molecule has 1 heteroatoms. The smallest absolute Gasteiger partial charge is 0.0346 e. The summed E-state index contributed by atoms with van der Waals surface area (Å²) in [7, 11) is 0. The first kappa shape index (κ1) is 13.7. The van der Waals surface area contributed by atoms with Crippen LogP contribution in [0.2, 0.25) is 0 Å². The van der Waals surface area contributed by atoms with Gasteiger partial charge in [-0.1, -0.05) is 45.0 Å². The molecule has 19 heavy (non-hydrogen) atoms.